The van der Waals surface area contributed by atoms with E-state index >= 15 is 0 Å². The van der Waals surface area contributed by atoms with E-state index in [0.29, 0.717) is 34.3 Å². The number of fused-ring (bicyclic) bond motifs is 1. The Bertz CT molecular complexity index is 1030. The van der Waals surface area contributed by atoms with Gasteiger partial charge in [0, 0.05) is 19.2 Å². The zero-order valence-electron chi connectivity index (χ0n) is 16.4. The van der Waals surface area contributed by atoms with Crippen LogP contribution in [0, 0.1) is 0 Å². The van der Waals surface area contributed by atoms with Crippen LogP contribution in [-0.4, -0.2) is 27.8 Å². The highest BCUT2D eigenvalue weighted by molar-refractivity contribution is 7.99. The summed E-state index contributed by atoms with van der Waals surface area (Å²) in [6, 6.07) is 15.5. The van der Waals surface area contributed by atoms with Crippen LogP contribution in [0.4, 0.5) is 0 Å². The fourth-order valence-electron chi connectivity index (χ4n) is 2.99. The molecule has 0 aliphatic rings. The summed E-state index contributed by atoms with van der Waals surface area (Å²) in [5.41, 5.74) is 2.66. The van der Waals surface area contributed by atoms with Crippen molar-refractivity contribution in [1.29, 1.82) is 0 Å². The van der Waals surface area contributed by atoms with Crippen LogP contribution in [0.15, 0.2) is 58.5 Å². The summed E-state index contributed by atoms with van der Waals surface area (Å²) in [5.74, 6) is 1.05. The topological polar surface area (TPSA) is 64.0 Å². The number of amides is 1. The first-order valence-corrected chi connectivity index (χ1v) is 10.5. The minimum absolute atomic E-state index is 0.0647. The lowest BCUT2D eigenvalue weighted by atomic mass is 9.98. The minimum Gasteiger partial charge on any atom is -0.356 e. The number of para-hydroxylation sites is 1. The first-order valence-electron chi connectivity index (χ1n) is 9.50. The van der Waals surface area contributed by atoms with Crippen molar-refractivity contribution < 1.29 is 4.79 Å². The smallest absolute Gasteiger partial charge is 0.266 e. The monoisotopic (exact) mass is 395 g/mol. The molecule has 0 bridgehead atoms. The molecule has 0 saturated heterocycles. The summed E-state index contributed by atoms with van der Waals surface area (Å²) in [6.45, 7) is 6.38. The van der Waals surface area contributed by atoms with Crippen molar-refractivity contribution in [2.24, 2.45) is 0 Å². The van der Waals surface area contributed by atoms with Crippen molar-refractivity contribution in [3.05, 3.63) is 64.4 Å². The molecule has 1 amide bonds. The Kier molecular flexibility index (Phi) is 6.52. The van der Waals surface area contributed by atoms with E-state index in [-0.39, 0.29) is 11.5 Å². The molecule has 0 fully saturated rings. The Morgan fingerprint density at radius 3 is 2.57 bits per heavy atom. The van der Waals surface area contributed by atoms with E-state index in [1.165, 1.54) is 24.2 Å². The van der Waals surface area contributed by atoms with Crippen molar-refractivity contribution in [3.8, 4) is 5.69 Å². The van der Waals surface area contributed by atoms with E-state index in [0.717, 1.165) is 12.1 Å². The zero-order chi connectivity index (χ0) is 20.1. The van der Waals surface area contributed by atoms with Crippen molar-refractivity contribution in [3.63, 3.8) is 0 Å². The minimum atomic E-state index is -0.0797. The second-order valence-corrected chi connectivity index (χ2v) is 7.85. The molecule has 28 heavy (non-hydrogen) atoms. The molecule has 0 saturated carbocycles. The van der Waals surface area contributed by atoms with Crippen LogP contribution < -0.4 is 10.9 Å². The first-order chi connectivity index (χ1) is 13.5. The second kappa shape index (κ2) is 9.06. The molecule has 5 nitrogen and oxygen atoms in total. The van der Waals surface area contributed by atoms with Gasteiger partial charge in [0.1, 0.15) is 0 Å². The summed E-state index contributed by atoms with van der Waals surface area (Å²) in [4.78, 5) is 29.0. The second-order valence-electron chi connectivity index (χ2n) is 6.78. The molecule has 3 rings (SSSR count). The molecule has 1 aromatic heterocycles. The van der Waals surface area contributed by atoms with Gasteiger partial charge in [0.05, 0.1) is 16.6 Å². The molecule has 0 aliphatic heterocycles. The van der Waals surface area contributed by atoms with Gasteiger partial charge in [-0.2, -0.15) is 0 Å². The molecule has 3 aromatic rings. The fraction of sp³-hybridized carbons (Fsp3) is 0.318. The van der Waals surface area contributed by atoms with Crippen molar-refractivity contribution in [2.75, 3.05) is 12.3 Å². The third kappa shape index (κ3) is 4.44. The molecule has 0 spiro atoms. The molecule has 1 N–H and O–H groups in total. The lowest BCUT2D eigenvalue weighted by molar-refractivity contribution is -0.118. The van der Waals surface area contributed by atoms with Gasteiger partial charge in [-0.3, -0.25) is 14.2 Å². The van der Waals surface area contributed by atoms with E-state index in [1.807, 2.05) is 30.3 Å². The molecule has 0 radical (unpaired) electrons. The Hall–Kier alpha value is -2.60. The Balaban J connectivity index is 2.03. The van der Waals surface area contributed by atoms with Gasteiger partial charge in [-0.25, -0.2) is 4.98 Å². The number of carbonyl (C=O) groups excluding carboxylic acids is 1. The number of hydrogen-bond donors (Lipinski definition) is 1. The Morgan fingerprint density at radius 1 is 1.18 bits per heavy atom. The first kappa shape index (κ1) is 20.1. The summed E-state index contributed by atoms with van der Waals surface area (Å²) < 4.78 is 1.67. The van der Waals surface area contributed by atoms with Gasteiger partial charge in [0.2, 0.25) is 5.91 Å². The summed E-state index contributed by atoms with van der Waals surface area (Å²) >= 11 is 1.47. The molecule has 1 heterocycles. The summed E-state index contributed by atoms with van der Waals surface area (Å²) in [5, 5.41) is 4.01. The SMILES string of the molecule is CC[C@@H](C)c1ccc(-n2c(SCCNC(C)=O)nc3ccccc3c2=O)cc1. The van der Waals surface area contributed by atoms with Crippen LogP contribution in [0.1, 0.15) is 38.7 Å². The number of hydrogen-bond acceptors (Lipinski definition) is 4. The van der Waals surface area contributed by atoms with Crippen LogP contribution in [0.25, 0.3) is 16.6 Å². The van der Waals surface area contributed by atoms with Gasteiger partial charge in [0.25, 0.3) is 5.56 Å². The average Bonchev–Trinajstić information content (AvgIpc) is 2.71. The molecule has 1 atom stereocenters. The van der Waals surface area contributed by atoms with E-state index in [4.69, 9.17) is 4.98 Å². The Morgan fingerprint density at radius 2 is 1.89 bits per heavy atom. The summed E-state index contributed by atoms with van der Waals surface area (Å²) in [7, 11) is 0. The fourth-order valence-corrected chi connectivity index (χ4v) is 3.86. The predicted octanol–water partition coefficient (Wildman–Crippen LogP) is 4.13. The quantitative estimate of drug-likeness (QED) is 0.371. The van der Waals surface area contributed by atoms with Gasteiger partial charge in [-0.1, -0.05) is 49.9 Å². The van der Waals surface area contributed by atoms with Crippen molar-refractivity contribution in [1.82, 2.24) is 14.9 Å². The maximum absolute atomic E-state index is 13.2. The van der Waals surface area contributed by atoms with Gasteiger partial charge < -0.3 is 5.32 Å². The number of nitrogens with one attached hydrogen (secondary N) is 1. The van der Waals surface area contributed by atoms with Gasteiger partial charge >= 0.3 is 0 Å². The molecular formula is C22H25N3O2S. The highest BCUT2D eigenvalue weighted by Gasteiger charge is 2.14. The highest BCUT2D eigenvalue weighted by atomic mass is 32.2. The number of nitrogens with zero attached hydrogens (tertiary/aromatic N) is 2. The van der Waals surface area contributed by atoms with E-state index < -0.39 is 0 Å². The van der Waals surface area contributed by atoms with E-state index in [1.54, 1.807) is 10.6 Å². The maximum atomic E-state index is 13.2. The standard InChI is InChI=1S/C22H25N3O2S/c1-4-15(2)17-9-11-18(12-10-17)25-21(27)19-7-5-6-8-20(19)24-22(25)28-14-13-23-16(3)26/h5-12,15H,4,13-14H2,1-3H3,(H,23,26)/t15-/m1/s1. The van der Waals surface area contributed by atoms with Crippen molar-refractivity contribution in [2.45, 2.75) is 38.3 Å². The largest absolute Gasteiger partial charge is 0.356 e. The number of thioether (sulfide) groups is 1. The van der Waals surface area contributed by atoms with Crippen LogP contribution in [-0.2, 0) is 4.79 Å². The Labute approximate surface area is 169 Å². The molecule has 146 valence electrons. The number of carbonyl (C=O) groups is 1. The number of rotatable bonds is 7. The van der Waals surface area contributed by atoms with Gasteiger partial charge in [-0.05, 0) is 42.2 Å². The molecule has 0 aliphatic carbocycles. The number of aromatic nitrogens is 2. The maximum Gasteiger partial charge on any atom is 0.266 e. The van der Waals surface area contributed by atoms with Crippen LogP contribution in [0.5, 0.6) is 0 Å². The van der Waals surface area contributed by atoms with Crippen LogP contribution in [0.3, 0.4) is 0 Å². The third-order valence-corrected chi connectivity index (χ3v) is 5.73. The normalized spacial score (nSPS) is 12.1. The van der Waals surface area contributed by atoms with E-state index in [2.05, 4.69) is 31.3 Å². The summed E-state index contributed by atoms with van der Waals surface area (Å²) in [6.07, 6.45) is 1.07. The van der Waals surface area contributed by atoms with Crippen LogP contribution in [0.2, 0.25) is 0 Å². The van der Waals surface area contributed by atoms with Gasteiger partial charge in [0.15, 0.2) is 5.16 Å². The van der Waals surface area contributed by atoms with Crippen molar-refractivity contribution >= 4 is 28.6 Å². The van der Waals surface area contributed by atoms with Crippen LogP contribution >= 0.6 is 11.8 Å². The molecular weight excluding hydrogens is 370 g/mol. The number of benzene rings is 2. The molecule has 2 aromatic carbocycles. The van der Waals surface area contributed by atoms with Gasteiger partial charge in [-0.15, -0.1) is 0 Å². The molecule has 0 unspecified atom stereocenters. The predicted molar refractivity (Wildman–Crippen MR) is 115 cm³/mol. The highest BCUT2D eigenvalue weighted by Crippen LogP contribution is 2.24. The average molecular weight is 396 g/mol. The third-order valence-electron chi connectivity index (χ3n) is 4.78. The lowest BCUT2D eigenvalue weighted by Crippen LogP contribution is -2.24. The zero-order valence-corrected chi connectivity index (χ0v) is 17.3. The van der Waals surface area contributed by atoms with E-state index in [9.17, 15) is 9.59 Å². The lowest BCUT2D eigenvalue weighted by Gasteiger charge is -2.15. The molecule has 6 heteroatoms.